The molecule has 0 atom stereocenters. The van der Waals surface area contributed by atoms with E-state index in [1.165, 1.54) is 11.8 Å². The zero-order valence-corrected chi connectivity index (χ0v) is 17.0. The van der Waals surface area contributed by atoms with Crippen LogP contribution in [0, 0.1) is 0 Å². The van der Waals surface area contributed by atoms with Gasteiger partial charge in [0.2, 0.25) is 0 Å². The molecule has 0 aliphatic carbocycles. The highest BCUT2D eigenvalue weighted by atomic mass is 16.2. The lowest BCUT2D eigenvalue weighted by molar-refractivity contribution is 0.0644. The molecule has 0 bridgehead atoms. The van der Waals surface area contributed by atoms with Gasteiger partial charge < -0.3 is 10.2 Å². The largest absolute Gasteiger partial charge is 0.350 e. The van der Waals surface area contributed by atoms with Crippen LogP contribution in [-0.2, 0) is 0 Å². The molecule has 0 saturated carbocycles. The van der Waals surface area contributed by atoms with E-state index >= 15 is 0 Å². The second-order valence-electron chi connectivity index (χ2n) is 7.46. The molecule has 6 nitrogen and oxygen atoms in total. The number of hydrogen-bond donors (Lipinski definition) is 1. The van der Waals surface area contributed by atoms with Gasteiger partial charge in [-0.25, -0.2) is 0 Å². The summed E-state index contributed by atoms with van der Waals surface area (Å²) in [5.41, 5.74) is 1.97. The molecule has 1 aromatic carbocycles. The number of benzene rings is 1. The zero-order valence-electron chi connectivity index (χ0n) is 17.0. The van der Waals surface area contributed by atoms with Gasteiger partial charge in [0, 0.05) is 50.5 Å². The number of carbonyl (C=O) groups excluding carboxylic acids is 2. The first-order valence-corrected chi connectivity index (χ1v) is 10.0. The second-order valence-corrected chi connectivity index (χ2v) is 7.46. The number of piperazine rings is 1. The van der Waals surface area contributed by atoms with Crippen LogP contribution in [0.5, 0.6) is 0 Å². The Morgan fingerprint density at radius 2 is 1.83 bits per heavy atom. The number of rotatable bonds is 6. The number of amides is 2. The van der Waals surface area contributed by atoms with Crippen molar-refractivity contribution in [2.45, 2.75) is 19.9 Å². The number of carbonyl (C=O) groups is 2. The second kappa shape index (κ2) is 9.98. The van der Waals surface area contributed by atoms with Crippen molar-refractivity contribution in [2.75, 3.05) is 32.7 Å². The van der Waals surface area contributed by atoms with Gasteiger partial charge in [-0.2, -0.15) is 0 Å². The van der Waals surface area contributed by atoms with Gasteiger partial charge in [-0.3, -0.25) is 19.5 Å². The van der Waals surface area contributed by atoms with Crippen molar-refractivity contribution in [1.29, 1.82) is 0 Å². The van der Waals surface area contributed by atoms with E-state index in [-0.39, 0.29) is 17.9 Å². The van der Waals surface area contributed by atoms with Gasteiger partial charge in [0.25, 0.3) is 11.8 Å². The maximum Gasteiger partial charge on any atom is 0.272 e. The van der Waals surface area contributed by atoms with E-state index in [2.05, 4.69) is 39.5 Å². The fourth-order valence-corrected chi connectivity index (χ4v) is 3.23. The van der Waals surface area contributed by atoms with Crippen LogP contribution in [0.4, 0.5) is 0 Å². The van der Waals surface area contributed by atoms with Crippen LogP contribution in [0.2, 0.25) is 0 Å². The maximum absolute atomic E-state index is 12.8. The summed E-state index contributed by atoms with van der Waals surface area (Å²) in [5, 5.41) is 2.84. The van der Waals surface area contributed by atoms with E-state index in [1.54, 1.807) is 12.1 Å². The highest BCUT2D eigenvalue weighted by Crippen LogP contribution is 2.10. The minimum absolute atomic E-state index is 0.0406. The standard InChI is InChI=1S/C23H28N4O2/c1-18(2)25-22(28)20-10-11-24-21(17-20)23(29)27-15-13-26(14-16-27)12-6-9-19-7-4-3-5-8-19/h3-11,17-18H,12-16H2,1-2H3,(H,25,28)/b9-6+. The molecule has 2 heterocycles. The van der Waals surface area contributed by atoms with Gasteiger partial charge in [-0.05, 0) is 31.5 Å². The van der Waals surface area contributed by atoms with Crippen LogP contribution in [0.3, 0.4) is 0 Å². The quantitative estimate of drug-likeness (QED) is 0.821. The monoisotopic (exact) mass is 392 g/mol. The fraction of sp³-hybridized carbons (Fsp3) is 0.348. The molecule has 2 aromatic rings. The average molecular weight is 393 g/mol. The maximum atomic E-state index is 12.8. The summed E-state index contributed by atoms with van der Waals surface area (Å²) in [4.78, 5) is 33.3. The van der Waals surface area contributed by atoms with Crippen molar-refractivity contribution >= 4 is 17.9 Å². The van der Waals surface area contributed by atoms with Crippen LogP contribution in [0.15, 0.2) is 54.7 Å². The van der Waals surface area contributed by atoms with Gasteiger partial charge in [0.05, 0.1) is 0 Å². The molecule has 1 aliphatic heterocycles. The lowest BCUT2D eigenvalue weighted by Crippen LogP contribution is -2.48. The van der Waals surface area contributed by atoms with Gasteiger partial charge >= 0.3 is 0 Å². The summed E-state index contributed by atoms with van der Waals surface area (Å²) in [5.74, 6) is -0.310. The minimum atomic E-state index is -0.188. The SMILES string of the molecule is CC(C)NC(=O)c1ccnc(C(=O)N2CCN(C/C=C/c3ccccc3)CC2)c1. The molecule has 1 aliphatic rings. The Kier molecular flexibility index (Phi) is 7.14. The first kappa shape index (κ1) is 20.7. The van der Waals surface area contributed by atoms with E-state index in [9.17, 15) is 9.59 Å². The molecular weight excluding hydrogens is 364 g/mol. The molecule has 0 unspecified atom stereocenters. The topological polar surface area (TPSA) is 65.5 Å². The lowest BCUT2D eigenvalue weighted by Gasteiger charge is -2.34. The average Bonchev–Trinajstić information content (AvgIpc) is 2.74. The highest BCUT2D eigenvalue weighted by molar-refractivity contribution is 5.98. The number of hydrogen-bond acceptors (Lipinski definition) is 4. The lowest BCUT2D eigenvalue weighted by atomic mass is 10.2. The van der Waals surface area contributed by atoms with Crippen molar-refractivity contribution in [1.82, 2.24) is 20.1 Å². The van der Waals surface area contributed by atoms with E-state index < -0.39 is 0 Å². The third kappa shape index (κ3) is 5.99. The molecule has 0 radical (unpaired) electrons. The number of aromatic nitrogens is 1. The third-order valence-corrected chi connectivity index (χ3v) is 4.79. The van der Waals surface area contributed by atoms with Gasteiger partial charge in [0.1, 0.15) is 5.69 Å². The van der Waals surface area contributed by atoms with Crippen molar-refractivity contribution in [3.05, 3.63) is 71.6 Å². The van der Waals surface area contributed by atoms with E-state index in [4.69, 9.17) is 0 Å². The summed E-state index contributed by atoms with van der Waals surface area (Å²) in [6, 6.07) is 13.5. The normalized spacial score (nSPS) is 15.1. The van der Waals surface area contributed by atoms with Gasteiger partial charge in [-0.15, -0.1) is 0 Å². The molecule has 1 fully saturated rings. The smallest absolute Gasteiger partial charge is 0.272 e. The third-order valence-electron chi connectivity index (χ3n) is 4.79. The predicted molar refractivity (Wildman–Crippen MR) is 115 cm³/mol. The molecule has 1 aromatic heterocycles. The molecule has 29 heavy (non-hydrogen) atoms. The van der Waals surface area contributed by atoms with Crippen LogP contribution < -0.4 is 5.32 Å². The number of nitrogens with one attached hydrogen (secondary N) is 1. The predicted octanol–water partition coefficient (Wildman–Crippen LogP) is 2.69. The highest BCUT2D eigenvalue weighted by Gasteiger charge is 2.23. The van der Waals surface area contributed by atoms with Crippen molar-refractivity contribution in [2.24, 2.45) is 0 Å². The van der Waals surface area contributed by atoms with Crippen LogP contribution in [0.25, 0.3) is 6.08 Å². The summed E-state index contributed by atoms with van der Waals surface area (Å²) >= 11 is 0. The zero-order chi connectivity index (χ0) is 20.6. The fourth-order valence-electron chi connectivity index (χ4n) is 3.23. The Labute approximate surface area is 172 Å². The summed E-state index contributed by atoms with van der Waals surface area (Å²) in [6.45, 7) is 7.61. The Hall–Kier alpha value is -2.99. The van der Waals surface area contributed by atoms with E-state index in [0.717, 1.165) is 19.6 Å². The Morgan fingerprint density at radius 3 is 2.52 bits per heavy atom. The molecule has 152 valence electrons. The molecule has 1 N–H and O–H groups in total. The minimum Gasteiger partial charge on any atom is -0.350 e. The van der Waals surface area contributed by atoms with E-state index in [1.807, 2.05) is 36.9 Å². The molecule has 1 saturated heterocycles. The molecule has 0 spiro atoms. The van der Waals surface area contributed by atoms with Crippen LogP contribution in [-0.4, -0.2) is 65.4 Å². The molecule has 2 amide bonds. The molecule has 6 heteroatoms. The first-order valence-electron chi connectivity index (χ1n) is 10.0. The van der Waals surface area contributed by atoms with Crippen molar-refractivity contribution in [3.63, 3.8) is 0 Å². The number of pyridine rings is 1. The van der Waals surface area contributed by atoms with E-state index in [0.29, 0.717) is 24.3 Å². The van der Waals surface area contributed by atoms with Gasteiger partial charge in [0.15, 0.2) is 0 Å². The van der Waals surface area contributed by atoms with Crippen LogP contribution in [0.1, 0.15) is 40.3 Å². The molecule has 3 rings (SSSR count). The van der Waals surface area contributed by atoms with Gasteiger partial charge in [-0.1, -0.05) is 42.5 Å². The molecular formula is C23H28N4O2. The summed E-state index contributed by atoms with van der Waals surface area (Å²) < 4.78 is 0. The summed E-state index contributed by atoms with van der Waals surface area (Å²) in [6.07, 6.45) is 5.80. The Morgan fingerprint density at radius 1 is 1.10 bits per heavy atom. The van der Waals surface area contributed by atoms with Crippen molar-refractivity contribution < 1.29 is 9.59 Å². The Balaban J connectivity index is 1.52. The van der Waals surface area contributed by atoms with Crippen molar-refractivity contribution in [3.8, 4) is 0 Å². The van der Waals surface area contributed by atoms with Crippen LogP contribution >= 0.6 is 0 Å². The number of nitrogens with zero attached hydrogens (tertiary/aromatic N) is 3. The Bertz CT molecular complexity index is 856. The summed E-state index contributed by atoms with van der Waals surface area (Å²) in [7, 11) is 0. The first-order chi connectivity index (χ1) is 14.0.